The second kappa shape index (κ2) is 5.86. The van der Waals surface area contributed by atoms with E-state index >= 15 is 0 Å². The quantitative estimate of drug-likeness (QED) is 0.808. The van der Waals surface area contributed by atoms with Crippen LogP contribution >= 0.6 is 11.6 Å². The Hall–Kier alpha value is -1.17. The molecule has 2 rings (SSSR count). The predicted molar refractivity (Wildman–Crippen MR) is 71.2 cm³/mol. The van der Waals surface area contributed by atoms with Gasteiger partial charge in [0.2, 0.25) is 0 Å². The molecule has 1 saturated heterocycles. The van der Waals surface area contributed by atoms with E-state index in [-0.39, 0.29) is 24.1 Å². The number of aromatic nitrogens is 1. The third kappa shape index (κ3) is 3.23. The van der Waals surface area contributed by atoms with Gasteiger partial charge in [0.05, 0.1) is 12.2 Å². The summed E-state index contributed by atoms with van der Waals surface area (Å²) in [7, 11) is 0. The zero-order chi connectivity index (χ0) is 14.0. The van der Waals surface area contributed by atoms with Crippen LogP contribution in [0.25, 0.3) is 0 Å². The molecule has 0 saturated carbocycles. The van der Waals surface area contributed by atoms with Gasteiger partial charge in [-0.15, -0.1) is 0 Å². The normalized spacial score (nSPS) is 22.8. The molecule has 19 heavy (non-hydrogen) atoms. The molecule has 2 atom stereocenters. The summed E-state index contributed by atoms with van der Waals surface area (Å²) in [6.45, 7) is 2.31. The Bertz CT molecular complexity index is 471. The number of carbonyl (C=O) groups is 1. The number of halogens is 1. The van der Waals surface area contributed by atoms with Crippen molar-refractivity contribution in [2.24, 2.45) is 0 Å². The third-order valence-corrected chi connectivity index (χ3v) is 3.34. The number of pyridine rings is 1. The minimum Gasteiger partial charge on any atom is -0.388 e. The molecule has 0 aromatic carbocycles. The average molecular weight is 285 g/mol. The van der Waals surface area contributed by atoms with Crippen molar-refractivity contribution in [1.82, 2.24) is 9.88 Å². The highest BCUT2D eigenvalue weighted by atomic mass is 35.5. The van der Waals surface area contributed by atoms with E-state index in [0.717, 1.165) is 18.5 Å². The van der Waals surface area contributed by atoms with E-state index in [1.165, 1.54) is 11.0 Å². The number of aliphatic hydroxyl groups is 2. The van der Waals surface area contributed by atoms with E-state index < -0.39 is 12.2 Å². The Morgan fingerprint density at radius 3 is 2.63 bits per heavy atom. The summed E-state index contributed by atoms with van der Waals surface area (Å²) in [5.74, 6) is -0.239. The zero-order valence-corrected chi connectivity index (χ0v) is 11.5. The van der Waals surface area contributed by atoms with Gasteiger partial charge in [-0.25, -0.2) is 4.98 Å². The van der Waals surface area contributed by atoms with Gasteiger partial charge >= 0.3 is 0 Å². The molecule has 104 valence electrons. The molecule has 0 aliphatic carbocycles. The SMILES string of the molecule is CCCc1cc(C(=O)N2C[C@@H](O)[C@@H](O)C2)cc(Cl)n1. The molecule has 5 nitrogen and oxygen atoms in total. The van der Waals surface area contributed by atoms with Crippen LogP contribution in [-0.2, 0) is 6.42 Å². The van der Waals surface area contributed by atoms with Crippen molar-refractivity contribution in [3.8, 4) is 0 Å². The van der Waals surface area contributed by atoms with Crippen LogP contribution < -0.4 is 0 Å². The highest BCUT2D eigenvalue weighted by molar-refractivity contribution is 6.29. The fraction of sp³-hybridized carbons (Fsp3) is 0.538. The molecule has 1 aromatic heterocycles. The Balaban J connectivity index is 2.19. The van der Waals surface area contributed by atoms with E-state index in [9.17, 15) is 15.0 Å². The summed E-state index contributed by atoms with van der Waals surface area (Å²) in [5.41, 5.74) is 1.23. The number of aliphatic hydroxyl groups excluding tert-OH is 2. The fourth-order valence-corrected chi connectivity index (χ4v) is 2.40. The van der Waals surface area contributed by atoms with Crippen molar-refractivity contribution in [3.05, 3.63) is 28.5 Å². The largest absolute Gasteiger partial charge is 0.388 e. The van der Waals surface area contributed by atoms with Crippen LogP contribution in [0.15, 0.2) is 12.1 Å². The molecular weight excluding hydrogens is 268 g/mol. The van der Waals surface area contributed by atoms with E-state index in [4.69, 9.17) is 11.6 Å². The number of hydrogen-bond donors (Lipinski definition) is 2. The van der Waals surface area contributed by atoms with Crippen LogP contribution in [-0.4, -0.2) is 51.3 Å². The van der Waals surface area contributed by atoms with Crippen LogP contribution in [0.4, 0.5) is 0 Å². The van der Waals surface area contributed by atoms with Crippen molar-refractivity contribution < 1.29 is 15.0 Å². The molecule has 6 heteroatoms. The number of hydrogen-bond acceptors (Lipinski definition) is 4. The van der Waals surface area contributed by atoms with Gasteiger partial charge in [-0.1, -0.05) is 24.9 Å². The molecule has 1 amide bonds. The molecule has 2 N–H and O–H groups in total. The predicted octanol–water partition coefficient (Wildman–Crippen LogP) is 0.865. The summed E-state index contributed by atoms with van der Waals surface area (Å²) < 4.78 is 0. The maximum absolute atomic E-state index is 12.3. The van der Waals surface area contributed by atoms with E-state index in [0.29, 0.717) is 5.56 Å². The van der Waals surface area contributed by atoms with Crippen LogP contribution in [0.1, 0.15) is 29.4 Å². The molecule has 1 fully saturated rings. The maximum atomic E-state index is 12.3. The molecular formula is C13H17ClN2O3. The smallest absolute Gasteiger partial charge is 0.254 e. The van der Waals surface area contributed by atoms with Gasteiger partial charge in [0.1, 0.15) is 5.15 Å². The Labute approximate surface area is 116 Å². The fourth-order valence-electron chi connectivity index (χ4n) is 2.18. The number of aryl methyl sites for hydroxylation is 1. The molecule has 0 bridgehead atoms. The number of β-amino-alcohol motifs (C(OH)–C–C–N with tert-alkyl or cyclic N) is 2. The topological polar surface area (TPSA) is 73.7 Å². The van der Waals surface area contributed by atoms with Crippen LogP contribution in [0.3, 0.4) is 0 Å². The summed E-state index contributed by atoms with van der Waals surface area (Å²) >= 11 is 5.91. The highest BCUT2D eigenvalue weighted by Gasteiger charge is 2.33. The lowest BCUT2D eigenvalue weighted by Crippen LogP contribution is -2.30. The Kier molecular flexibility index (Phi) is 4.39. The molecule has 0 unspecified atom stereocenters. The first-order valence-electron chi connectivity index (χ1n) is 6.33. The molecule has 0 spiro atoms. The standard InChI is InChI=1S/C13H17ClN2O3/c1-2-3-9-4-8(5-12(14)15-9)13(19)16-6-10(17)11(18)7-16/h4-5,10-11,17-18H,2-3,6-7H2,1H3/t10-,11+. The molecule has 1 aliphatic rings. The second-order valence-corrected chi connectivity index (χ2v) is 5.15. The van der Waals surface area contributed by atoms with Crippen LogP contribution in [0.5, 0.6) is 0 Å². The van der Waals surface area contributed by atoms with Gasteiger partial charge in [0.25, 0.3) is 5.91 Å². The van der Waals surface area contributed by atoms with Crippen molar-refractivity contribution in [2.75, 3.05) is 13.1 Å². The van der Waals surface area contributed by atoms with Crippen LogP contribution in [0.2, 0.25) is 5.15 Å². The van der Waals surface area contributed by atoms with Gasteiger partial charge in [-0.05, 0) is 18.6 Å². The second-order valence-electron chi connectivity index (χ2n) is 4.76. The van der Waals surface area contributed by atoms with E-state index in [1.807, 2.05) is 6.92 Å². The molecule has 2 heterocycles. The van der Waals surface area contributed by atoms with Crippen molar-refractivity contribution in [1.29, 1.82) is 0 Å². The number of amides is 1. The molecule has 1 aromatic rings. The number of likely N-dealkylation sites (tertiary alicyclic amines) is 1. The summed E-state index contributed by atoms with van der Waals surface area (Å²) in [5, 5.41) is 19.2. The van der Waals surface area contributed by atoms with E-state index in [1.54, 1.807) is 6.07 Å². The highest BCUT2D eigenvalue weighted by Crippen LogP contribution is 2.18. The molecule has 1 aliphatic heterocycles. The number of carbonyl (C=O) groups excluding carboxylic acids is 1. The average Bonchev–Trinajstić information content (AvgIpc) is 2.68. The summed E-state index contributed by atoms with van der Waals surface area (Å²) in [6, 6.07) is 3.23. The maximum Gasteiger partial charge on any atom is 0.254 e. The van der Waals surface area contributed by atoms with Crippen molar-refractivity contribution >= 4 is 17.5 Å². The molecule has 0 radical (unpaired) electrons. The number of nitrogens with zero attached hydrogens (tertiary/aromatic N) is 2. The van der Waals surface area contributed by atoms with Gasteiger partial charge in [0.15, 0.2) is 0 Å². The first-order valence-corrected chi connectivity index (χ1v) is 6.71. The van der Waals surface area contributed by atoms with Crippen molar-refractivity contribution in [3.63, 3.8) is 0 Å². The first kappa shape index (κ1) is 14.2. The van der Waals surface area contributed by atoms with Gasteiger partial charge in [0, 0.05) is 24.3 Å². The van der Waals surface area contributed by atoms with Gasteiger partial charge in [-0.2, -0.15) is 0 Å². The van der Waals surface area contributed by atoms with Crippen LogP contribution in [0, 0.1) is 0 Å². The Morgan fingerprint density at radius 2 is 2.05 bits per heavy atom. The lowest BCUT2D eigenvalue weighted by Gasteiger charge is -2.16. The summed E-state index contributed by atoms with van der Waals surface area (Å²) in [4.78, 5) is 17.8. The number of rotatable bonds is 3. The lowest BCUT2D eigenvalue weighted by molar-refractivity contribution is 0.0572. The minimum absolute atomic E-state index is 0.142. The summed E-state index contributed by atoms with van der Waals surface area (Å²) in [6.07, 6.45) is -0.0819. The van der Waals surface area contributed by atoms with Gasteiger partial charge < -0.3 is 15.1 Å². The van der Waals surface area contributed by atoms with E-state index in [2.05, 4.69) is 4.98 Å². The third-order valence-electron chi connectivity index (χ3n) is 3.15. The van der Waals surface area contributed by atoms with Gasteiger partial charge in [-0.3, -0.25) is 4.79 Å². The zero-order valence-electron chi connectivity index (χ0n) is 10.7. The first-order chi connectivity index (χ1) is 9.01. The van der Waals surface area contributed by atoms with Crippen molar-refractivity contribution in [2.45, 2.75) is 32.0 Å². The lowest BCUT2D eigenvalue weighted by atomic mass is 10.1. The monoisotopic (exact) mass is 284 g/mol. The Morgan fingerprint density at radius 1 is 1.42 bits per heavy atom. The minimum atomic E-state index is -0.878.